The first-order valence-corrected chi connectivity index (χ1v) is 7.53. The lowest BCUT2D eigenvalue weighted by Gasteiger charge is -1.98. The topological polar surface area (TPSA) is 59.8 Å². The molecule has 7 heteroatoms. The fourth-order valence-electron chi connectivity index (χ4n) is 1.81. The quantitative estimate of drug-likeness (QED) is 0.770. The van der Waals surface area contributed by atoms with E-state index in [-0.39, 0.29) is 5.91 Å². The number of para-hydroxylation sites is 1. The molecule has 0 aliphatic heterocycles. The number of hydrogen-bond acceptors (Lipinski definition) is 4. The Hall–Kier alpha value is -1.73. The van der Waals surface area contributed by atoms with Gasteiger partial charge in [-0.2, -0.15) is 5.10 Å². The summed E-state index contributed by atoms with van der Waals surface area (Å²) in [5.74, 6) is -0.264. The van der Waals surface area contributed by atoms with E-state index in [9.17, 15) is 4.79 Å². The molecule has 0 aliphatic rings. The Bertz CT molecular complexity index is 775. The van der Waals surface area contributed by atoms with E-state index in [1.165, 1.54) is 11.3 Å². The molecular formula is C13H11BrN4OS. The van der Waals surface area contributed by atoms with Crippen LogP contribution in [0.2, 0.25) is 0 Å². The third-order valence-corrected chi connectivity index (χ3v) is 4.89. The summed E-state index contributed by atoms with van der Waals surface area (Å²) >= 11 is 4.83. The molecule has 1 aromatic carbocycles. The van der Waals surface area contributed by atoms with E-state index in [0.717, 1.165) is 15.9 Å². The molecule has 0 bridgehead atoms. The van der Waals surface area contributed by atoms with Crippen molar-refractivity contribution in [1.82, 2.24) is 14.8 Å². The third-order valence-electron chi connectivity index (χ3n) is 2.99. The number of benzene rings is 1. The molecule has 20 heavy (non-hydrogen) atoms. The Morgan fingerprint density at radius 3 is 2.80 bits per heavy atom. The van der Waals surface area contributed by atoms with Crippen molar-refractivity contribution >= 4 is 48.5 Å². The molecule has 3 aromatic rings. The minimum atomic E-state index is -0.264. The van der Waals surface area contributed by atoms with Crippen molar-refractivity contribution in [3.05, 3.63) is 40.1 Å². The van der Waals surface area contributed by atoms with Gasteiger partial charge in [-0.25, -0.2) is 4.98 Å². The van der Waals surface area contributed by atoms with Crippen LogP contribution in [0.5, 0.6) is 0 Å². The van der Waals surface area contributed by atoms with E-state index < -0.39 is 0 Å². The molecule has 0 spiro atoms. The van der Waals surface area contributed by atoms with Gasteiger partial charge in [-0.05, 0) is 35.0 Å². The van der Waals surface area contributed by atoms with Crippen molar-refractivity contribution in [2.24, 2.45) is 7.05 Å². The molecule has 5 nitrogen and oxygen atoms in total. The average Bonchev–Trinajstić information content (AvgIpc) is 2.94. The van der Waals surface area contributed by atoms with Gasteiger partial charge >= 0.3 is 0 Å². The van der Waals surface area contributed by atoms with E-state index in [2.05, 4.69) is 31.3 Å². The highest BCUT2D eigenvalue weighted by Gasteiger charge is 2.18. The number of carbonyl (C=O) groups is 1. The van der Waals surface area contributed by atoms with Crippen molar-refractivity contribution in [3.63, 3.8) is 0 Å². The number of aromatic nitrogens is 3. The van der Waals surface area contributed by atoms with Gasteiger partial charge in [0.1, 0.15) is 0 Å². The van der Waals surface area contributed by atoms with Crippen LogP contribution in [0.1, 0.15) is 16.2 Å². The van der Waals surface area contributed by atoms with E-state index in [1.807, 2.05) is 31.2 Å². The van der Waals surface area contributed by atoms with Crippen molar-refractivity contribution in [2.75, 3.05) is 5.32 Å². The van der Waals surface area contributed by atoms with Crippen LogP contribution in [0.25, 0.3) is 10.2 Å². The highest BCUT2D eigenvalue weighted by Crippen LogP contribution is 2.27. The van der Waals surface area contributed by atoms with Gasteiger partial charge < -0.3 is 0 Å². The average molecular weight is 351 g/mol. The summed E-state index contributed by atoms with van der Waals surface area (Å²) in [6.07, 6.45) is 0. The second-order valence-corrected chi connectivity index (χ2v) is 6.14. The van der Waals surface area contributed by atoms with Crippen LogP contribution in [0.3, 0.4) is 0 Å². The fraction of sp³-hybridized carbons (Fsp3) is 0.154. The number of amides is 1. The normalized spacial score (nSPS) is 10.9. The SMILES string of the molecule is Cc1c(Br)c(C(=O)Nc2nc3ccccc3s2)nn1C. The predicted octanol–water partition coefficient (Wildman–Crippen LogP) is 3.35. The zero-order chi connectivity index (χ0) is 14.3. The molecule has 1 N–H and O–H groups in total. The zero-order valence-corrected chi connectivity index (χ0v) is 13.2. The first-order valence-electron chi connectivity index (χ1n) is 5.92. The monoisotopic (exact) mass is 350 g/mol. The van der Waals surface area contributed by atoms with Gasteiger partial charge in [0.2, 0.25) is 0 Å². The lowest BCUT2D eigenvalue weighted by molar-refractivity contribution is 0.102. The van der Waals surface area contributed by atoms with E-state index >= 15 is 0 Å². The minimum absolute atomic E-state index is 0.264. The first-order chi connectivity index (χ1) is 9.56. The summed E-state index contributed by atoms with van der Waals surface area (Å²) in [5, 5.41) is 7.56. The fourth-order valence-corrected chi connectivity index (χ4v) is 3.19. The van der Waals surface area contributed by atoms with E-state index in [4.69, 9.17) is 0 Å². The summed E-state index contributed by atoms with van der Waals surface area (Å²) in [6.45, 7) is 1.89. The molecule has 3 rings (SSSR count). The van der Waals surface area contributed by atoms with E-state index in [0.29, 0.717) is 15.3 Å². The molecule has 0 atom stereocenters. The predicted molar refractivity (Wildman–Crippen MR) is 83.2 cm³/mol. The van der Waals surface area contributed by atoms with Gasteiger partial charge in [0.05, 0.1) is 20.4 Å². The Morgan fingerprint density at radius 2 is 2.15 bits per heavy atom. The molecule has 0 fully saturated rings. The Kier molecular flexibility index (Phi) is 3.31. The number of rotatable bonds is 2. The molecular weight excluding hydrogens is 340 g/mol. The number of nitrogens with zero attached hydrogens (tertiary/aromatic N) is 3. The zero-order valence-electron chi connectivity index (χ0n) is 10.8. The summed E-state index contributed by atoms with van der Waals surface area (Å²) < 4.78 is 3.41. The summed E-state index contributed by atoms with van der Waals surface area (Å²) in [6, 6.07) is 7.77. The second kappa shape index (κ2) is 4.99. The third kappa shape index (κ3) is 2.23. The summed E-state index contributed by atoms with van der Waals surface area (Å²) in [7, 11) is 1.80. The van der Waals surface area contributed by atoms with Crippen LogP contribution in [0.4, 0.5) is 5.13 Å². The lowest BCUT2D eigenvalue weighted by Crippen LogP contribution is -2.13. The van der Waals surface area contributed by atoms with Crippen molar-refractivity contribution in [2.45, 2.75) is 6.92 Å². The van der Waals surface area contributed by atoms with Gasteiger partial charge in [-0.3, -0.25) is 14.8 Å². The molecule has 0 saturated carbocycles. The van der Waals surface area contributed by atoms with Crippen LogP contribution in [-0.2, 0) is 7.05 Å². The van der Waals surface area contributed by atoms with Crippen LogP contribution in [0.15, 0.2) is 28.7 Å². The van der Waals surface area contributed by atoms with Gasteiger partial charge in [0.15, 0.2) is 10.8 Å². The van der Waals surface area contributed by atoms with Crippen LogP contribution >= 0.6 is 27.3 Å². The van der Waals surface area contributed by atoms with Gasteiger partial charge in [-0.15, -0.1) is 0 Å². The maximum Gasteiger partial charge on any atom is 0.279 e. The molecule has 0 radical (unpaired) electrons. The van der Waals surface area contributed by atoms with Crippen molar-refractivity contribution in [1.29, 1.82) is 0 Å². The summed E-state index contributed by atoms with van der Waals surface area (Å²) in [4.78, 5) is 16.6. The lowest BCUT2D eigenvalue weighted by atomic mass is 10.3. The number of carbonyl (C=O) groups excluding carboxylic acids is 1. The number of anilines is 1. The minimum Gasteiger partial charge on any atom is -0.296 e. The number of thiazole rings is 1. The molecule has 2 heterocycles. The van der Waals surface area contributed by atoms with Crippen molar-refractivity contribution < 1.29 is 4.79 Å². The molecule has 102 valence electrons. The molecule has 2 aromatic heterocycles. The Labute approximate surface area is 127 Å². The molecule has 1 amide bonds. The highest BCUT2D eigenvalue weighted by molar-refractivity contribution is 9.10. The molecule has 0 unspecified atom stereocenters. The van der Waals surface area contributed by atoms with Gasteiger partial charge in [0, 0.05) is 7.05 Å². The number of hydrogen-bond donors (Lipinski definition) is 1. The maximum absolute atomic E-state index is 12.2. The molecule has 0 aliphatic carbocycles. The van der Waals surface area contributed by atoms with E-state index in [1.54, 1.807) is 11.7 Å². The number of fused-ring (bicyclic) bond motifs is 1. The molecule has 0 saturated heterocycles. The van der Waals surface area contributed by atoms with Crippen LogP contribution in [0, 0.1) is 6.92 Å². The van der Waals surface area contributed by atoms with Crippen molar-refractivity contribution in [3.8, 4) is 0 Å². The second-order valence-electron chi connectivity index (χ2n) is 4.31. The van der Waals surface area contributed by atoms with Gasteiger partial charge in [-0.1, -0.05) is 23.5 Å². The Balaban J connectivity index is 1.90. The smallest absolute Gasteiger partial charge is 0.279 e. The highest BCUT2D eigenvalue weighted by atomic mass is 79.9. The standard InChI is InChI=1S/C13H11BrN4OS/c1-7-10(14)11(17-18(7)2)12(19)16-13-15-8-5-3-4-6-9(8)20-13/h3-6H,1-2H3,(H,15,16,19). The van der Waals surface area contributed by atoms with Crippen LogP contribution < -0.4 is 5.32 Å². The van der Waals surface area contributed by atoms with Gasteiger partial charge in [0.25, 0.3) is 5.91 Å². The number of nitrogens with one attached hydrogen (secondary N) is 1. The number of halogens is 1. The number of aryl methyl sites for hydroxylation is 1. The van der Waals surface area contributed by atoms with Crippen LogP contribution in [-0.4, -0.2) is 20.7 Å². The largest absolute Gasteiger partial charge is 0.296 e. The Morgan fingerprint density at radius 1 is 1.40 bits per heavy atom. The maximum atomic E-state index is 12.2. The first kappa shape index (κ1) is 13.3. The summed E-state index contributed by atoms with van der Waals surface area (Å²) in [5.41, 5.74) is 2.15.